The minimum Gasteiger partial charge on any atom is -0.381 e. The van der Waals surface area contributed by atoms with Gasteiger partial charge >= 0.3 is 0 Å². The van der Waals surface area contributed by atoms with E-state index >= 15 is 0 Å². The minimum absolute atomic E-state index is 0.296. The van der Waals surface area contributed by atoms with E-state index in [1.54, 1.807) is 18.5 Å². The highest BCUT2D eigenvalue weighted by Gasteiger charge is 2.25. The van der Waals surface area contributed by atoms with Crippen LogP contribution in [0.4, 0.5) is 5.69 Å². The molecule has 1 N–H and O–H groups in total. The van der Waals surface area contributed by atoms with Gasteiger partial charge < -0.3 is 10.1 Å². The number of hydrogen-bond acceptors (Lipinski definition) is 4. The Balaban J connectivity index is 1.64. The molecule has 0 aliphatic carbocycles. The maximum Gasteiger partial charge on any atom is 0.262 e. The van der Waals surface area contributed by atoms with E-state index in [-0.39, 0.29) is 5.91 Å². The Labute approximate surface area is 121 Å². The first-order valence-electron chi connectivity index (χ1n) is 6.91. The number of carbonyl (C=O) groups excluding carboxylic acids is 2. The maximum atomic E-state index is 12.0. The molecule has 1 unspecified atom stereocenters. The zero-order valence-corrected chi connectivity index (χ0v) is 11.4. The van der Waals surface area contributed by atoms with Gasteiger partial charge in [-0.2, -0.15) is 5.10 Å². The summed E-state index contributed by atoms with van der Waals surface area (Å²) in [5, 5.41) is 6.97. The molecule has 2 amide bonds. The molecule has 1 fully saturated rings. The van der Waals surface area contributed by atoms with Crippen molar-refractivity contribution >= 4 is 23.7 Å². The minimum atomic E-state index is -0.860. The van der Waals surface area contributed by atoms with Gasteiger partial charge in [0.25, 0.3) is 5.91 Å². The third kappa shape index (κ3) is 3.08. The van der Waals surface area contributed by atoms with Crippen LogP contribution in [0.1, 0.15) is 18.9 Å². The maximum absolute atomic E-state index is 12.0. The van der Waals surface area contributed by atoms with Crippen LogP contribution in [-0.2, 0) is 14.3 Å². The fourth-order valence-corrected chi connectivity index (χ4v) is 2.41. The number of carbonyl (C=O) groups is 2. The standard InChI is InChI=1S/C14H16N4O3/c19-13-12(2-1-5-15-13)14(20)17-10-8-16-18(9-10)11-3-6-21-7-4-11/h1-2,5,8-9,11-12H,3-4,6-7H2,(H,17,20). The molecule has 2 aliphatic heterocycles. The largest absolute Gasteiger partial charge is 0.381 e. The first-order chi connectivity index (χ1) is 10.2. The van der Waals surface area contributed by atoms with Gasteiger partial charge in [-0.15, -0.1) is 0 Å². The van der Waals surface area contributed by atoms with Crippen molar-refractivity contribution < 1.29 is 14.3 Å². The van der Waals surface area contributed by atoms with Gasteiger partial charge in [0, 0.05) is 25.6 Å². The second-order valence-electron chi connectivity index (χ2n) is 5.02. The van der Waals surface area contributed by atoms with Gasteiger partial charge in [-0.3, -0.25) is 14.3 Å². The van der Waals surface area contributed by atoms with Gasteiger partial charge in [0.2, 0.25) is 5.91 Å². The lowest BCUT2D eigenvalue weighted by molar-refractivity contribution is -0.128. The smallest absolute Gasteiger partial charge is 0.262 e. The molecule has 7 nitrogen and oxygen atoms in total. The van der Waals surface area contributed by atoms with Crippen LogP contribution in [0.15, 0.2) is 29.5 Å². The predicted molar refractivity (Wildman–Crippen MR) is 76.1 cm³/mol. The number of rotatable bonds is 3. The second kappa shape index (κ2) is 6.01. The van der Waals surface area contributed by atoms with Crippen molar-refractivity contribution in [2.45, 2.75) is 18.9 Å². The molecule has 21 heavy (non-hydrogen) atoms. The van der Waals surface area contributed by atoms with Gasteiger partial charge in [-0.05, 0) is 18.9 Å². The van der Waals surface area contributed by atoms with E-state index in [0.717, 1.165) is 26.1 Å². The number of ether oxygens (including phenoxy) is 1. The van der Waals surface area contributed by atoms with E-state index in [1.807, 2.05) is 4.68 Å². The summed E-state index contributed by atoms with van der Waals surface area (Å²) < 4.78 is 7.16. The third-order valence-corrected chi connectivity index (χ3v) is 3.57. The van der Waals surface area contributed by atoms with Gasteiger partial charge in [0.05, 0.1) is 17.9 Å². The summed E-state index contributed by atoms with van der Waals surface area (Å²) in [4.78, 5) is 27.2. The molecule has 0 saturated carbocycles. The number of hydrogen-bond donors (Lipinski definition) is 1. The van der Waals surface area contributed by atoms with E-state index in [4.69, 9.17) is 4.74 Å². The third-order valence-electron chi connectivity index (χ3n) is 3.57. The van der Waals surface area contributed by atoms with Crippen LogP contribution in [0.3, 0.4) is 0 Å². The average molecular weight is 288 g/mol. The predicted octanol–water partition coefficient (Wildman–Crippen LogP) is 0.957. The number of anilines is 1. The van der Waals surface area contributed by atoms with Crippen LogP contribution in [0.2, 0.25) is 0 Å². The molecule has 0 spiro atoms. The quantitative estimate of drug-likeness (QED) is 0.839. The second-order valence-corrected chi connectivity index (χ2v) is 5.02. The molecule has 3 rings (SSSR count). The summed E-state index contributed by atoms with van der Waals surface area (Å²) in [7, 11) is 0. The molecule has 110 valence electrons. The number of aliphatic imine (C=N–C) groups is 1. The number of nitrogens with one attached hydrogen (secondary N) is 1. The van der Waals surface area contributed by atoms with Crippen molar-refractivity contribution in [3.05, 3.63) is 24.5 Å². The fraction of sp³-hybridized carbons (Fsp3) is 0.429. The zero-order chi connectivity index (χ0) is 14.7. The topological polar surface area (TPSA) is 85.6 Å². The molecule has 3 heterocycles. The van der Waals surface area contributed by atoms with Crippen molar-refractivity contribution in [2.24, 2.45) is 10.9 Å². The van der Waals surface area contributed by atoms with E-state index in [2.05, 4.69) is 15.4 Å². The Morgan fingerprint density at radius 1 is 1.38 bits per heavy atom. The van der Waals surface area contributed by atoms with E-state index in [0.29, 0.717) is 11.7 Å². The summed E-state index contributed by atoms with van der Waals surface area (Å²) in [6.45, 7) is 1.46. The summed E-state index contributed by atoms with van der Waals surface area (Å²) in [5.41, 5.74) is 0.585. The normalized spacial score (nSPS) is 22.5. The Hall–Kier alpha value is -2.28. The highest BCUT2D eigenvalue weighted by Crippen LogP contribution is 2.21. The van der Waals surface area contributed by atoms with Crippen LogP contribution in [0, 0.1) is 5.92 Å². The monoisotopic (exact) mass is 288 g/mol. The summed E-state index contributed by atoms with van der Waals surface area (Å²) in [5.74, 6) is -1.70. The summed E-state index contributed by atoms with van der Waals surface area (Å²) >= 11 is 0. The van der Waals surface area contributed by atoms with E-state index in [9.17, 15) is 9.59 Å². The number of dihydropyridines is 1. The Morgan fingerprint density at radius 2 is 2.19 bits per heavy atom. The number of allylic oxidation sites excluding steroid dienone is 1. The fourth-order valence-electron chi connectivity index (χ4n) is 2.41. The number of nitrogens with zero attached hydrogens (tertiary/aromatic N) is 3. The SMILES string of the molecule is O=C1N=CC=CC1C(=O)Nc1cnn(C2CCOCC2)c1. The molecule has 0 bridgehead atoms. The first-order valence-corrected chi connectivity index (χ1v) is 6.91. The van der Waals surface area contributed by atoms with Crippen LogP contribution in [0.5, 0.6) is 0 Å². The molecule has 0 aromatic carbocycles. The van der Waals surface area contributed by atoms with Crippen molar-refractivity contribution in [3.63, 3.8) is 0 Å². The Bertz CT molecular complexity index is 599. The van der Waals surface area contributed by atoms with Crippen LogP contribution in [-0.4, -0.2) is 41.0 Å². The molecule has 0 radical (unpaired) electrons. The van der Waals surface area contributed by atoms with Gasteiger partial charge in [0.1, 0.15) is 5.92 Å². The van der Waals surface area contributed by atoms with Crippen molar-refractivity contribution in [2.75, 3.05) is 18.5 Å². The first kappa shape index (κ1) is 13.7. The molecule has 1 atom stereocenters. The van der Waals surface area contributed by atoms with Crippen LogP contribution in [0.25, 0.3) is 0 Å². The number of amides is 2. The lowest BCUT2D eigenvalue weighted by atomic mass is 10.1. The van der Waals surface area contributed by atoms with E-state index < -0.39 is 11.8 Å². The molecule has 2 aliphatic rings. The lowest BCUT2D eigenvalue weighted by Gasteiger charge is -2.22. The highest BCUT2D eigenvalue weighted by molar-refractivity contribution is 6.11. The summed E-state index contributed by atoms with van der Waals surface area (Å²) in [6, 6.07) is 0.296. The molecular weight excluding hydrogens is 272 g/mol. The average Bonchev–Trinajstić information content (AvgIpc) is 2.97. The number of aromatic nitrogens is 2. The van der Waals surface area contributed by atoms with Gasteiger partial charge in [-0.1, -0.05) is 6.08 Å². The Morgan fingerprint density at radius 3 is 2.95 bits per heavy atom. The Kier molecular flexibility index (Phi) is 3.92. The molecular formula is C14H16N4O3. The van der Waals surface area contributed by atoms with Crippen LogP contribution < -0.4 is 5.32 Å². The highest BCUT2D eigenvalue weighted by atomic mass is 16.5. The molecule has 1 saturated heterocycles. The summed E-state index contributed by atoms with van der Waals surface area (Å²) in [6.07, 6.45) is 9.71. The van der Waals surface area contributed by atoms with Crippen molar-refractivity contribution in [1.29, 1.82) is 0 Å². The van der Waals surface area contributed by atoms with Gasteiger partial charge in [0.15, 0.2) is 0 Å². The van der Waals surface area contributed by atoms with Crippen molar-refractivity contribution in [1.82, 2.24) is 9.78 Å². The lowest BCUT2D eigenvalue weighted by Crippen LogP contribution is -2.28. The molecule has 7 heteroatoms. The van der Waals surface area contributed by atoms with Crippen molar-refractivity contribution in [3.8, 4) is 0 Å². The van der Waals surface area contributed by atoms with Crippen LogP contribution >= 0.6 is 0 Å². The molecule has 1 aromatic heterocycles. The van der Waals surface area contributed by atoms with Gasteiger partial charge in [-0.25, -0.2) is 4.99 Å². The zero-order valence-electron chi connectivity index (χ0n) is 11.4. The van der Waals surface area contributed by atoms with E-state index in [1.165, 1.54) is 12.3 Å². The molecule has 1 aromatic rings.